The highest BCUT2D eigenvalue weighted by atomic mass is 15.3. The standard InChI is InChI=1S/C17H28N4/c1-16(2)10-14-13(17(3,4)12-16)11-19-15(20-14)21-8-5-6-18-7-9-21/h11,18H,5-10,12H2,1-4H3. The van der Waals surface area contributed by atoms with Gasteiger partial charge in [-0.15, -0.1) is 0 Å². The maximum atomic E-state index is 4.96. The Hall–Kier alpha value is -1.16. The molecule has 1 fully saturated rings. The molecule has 1 aromatic rings. The second-order valence-electron chi connectivity index (χ2n) is 8.02. The molecule has 116 valence electrons. The first-order chi connectivity index (χ1) is 9.87. The van der Waals surface area contributed by atoms with Crippen molar-refractivity contribution < 1.29 is 0 Å². The highest BCUT2D eigenvalue weighted by Crippen LogP contribution is 2.44. The molecule has 2 heterocycles. The number of nitrogens with one attached hydrogen (secondary N) is 1. The van der Waals surface area contributed by atoms with Crippen LogP contribution in [-0.4, -0.2) is 36.1 Å². The van der Waals surface area contributed by atoms with E-state index in [1.54, 1.807) is 0 Å². The fourth-order valence-corrected chi connectivity index (χ4v) is 4.11. The van der Waals surface area contributed by atoms with Crippen LogP contribution in [0.15, 0.2) is 6.20 Å². The van der Waals surface area contributed by atoms with Crippen LogP contribution in [0.25, 0.3) is 0 Å². The van der Waals surface area contributed by atoms with Crippen LogP contribution in [0.4, 0.5) is 5.95 Å². The molecule has 0 amide bonds. The average molecular weight is 288 g/mol. The Morgan fingerprint density at radius 3 is 2.76 bits per heavy atom. The van der Waals surface area contributed by atoms with E-state index in [0.29, 0.717) is 5.41 Å². The molecule has 0 unspecified atom stereocenters. The van der Waals surface area contributed by atoms with Crippen molar-refractivity contribution >= 4 is 5.95 Å². The van der Waals surface area contributed by atoms with Crippen molar-refractivity contribution in [2.24, 2.45) is 5.41 Å². The van der Waals surface area contributed by atoms with Gasteiger partial charge in [0.25, 0.3) is 0 Å². The SMILES string of the molecule is CC1(C)Cc2nc(N3CCCNCC3)ncc2C(C)(C)C1. The van der Waals surface area contributed by atoms with Crippen molar-refractivity contribution in [2.45, 2.75) is 52.4 Å². The molecule has 1 saturated heterocycles. The molecule has 1 aliphatic heterocycles. The molecule has 21 heavy (non-hydrogen) atoms. The molecule has 1 aliphatic carbocycles. The summed E-state index contributed by atoms with van der Waals surface area (Å²) < 4.78 is 0. The number of nitrogens with zero attached hydrogens (tertiary/aromatic N) is 3. The van der Waals surface area contributed by atoms with Gasteiger partial charge in [0.1, 0.15) is 0 Å². The summed E-state index contributed by atoms with van der Waals surface area (Å²) in [6.45, 7) is 13.5. The maximum absolute atomic E-state index is 4.96. The van der Waals surface area contributed by atoms with E-state index in [-0.39, 0.29) is 5.41 Å². The van der Waals surface area contributed by atoms with Gasteiger partial charge < -0.3 is 10.2 Å². The van der Waals surface area contributed by atoms with Crippen LogP contribution in [-0.2, 0) is 11.8 Å². The minimum atomic E-state index is 0.177. The zero-order chi connectivity index (χ0) is 15.1. The molecule has 0 saturated carbocycles. The average Bonchev–Trinajstić information content (AvgIpc) is 2.64. The number of anilines is 1. The summed E-state index contributed by atoms with van der Waals surface area (Å²) in [6.07, 6.45) is 5.51. The second-order valence-corrected chi connectivity index (χ2v) is 8.02. The number of rotatable bonds is 1. The summed E-state index contributed by atoms with van der Waals surface area (Å²) in [4.78, 5) is 12.0. The molecule has 4 heteroatoms. The molecule has 0 atom stereocenters. The van der Waals surface area contributed by atoms with Gasteiger partial charge in [-0.2, -0.15) is 0 Å². The summed E-state index contributed by atoms with van der Waals surface area (Å²) in [6, 6.07) is 0. The van der Waals surface area contributed by atoms with E-state index in [4.69, 9.17) is 4.98 Å². The molecule has 3 rings (SSSR count). The summed E-state index contributed by atoms with van der Waals surface area (Å²) in [5.41, 5.74) is 3.11. The Balaban J connectivity index is 1.93. The second kappa shape index (κ2) is 5.24. The van der Waals surface area contributed by atoms with E-state index < -0.39 is 0 Å². The van der Waals surface area contributed by atoms with Gasteiger partial charge in [-0.3, -0.25) is 0 Å². The fraction of sp³-hybridized carbons (Fsp3) is 0.765. The summed E-state index contributed by atoms with van der Waals surface area (Å²) in [5.74, 6) is 0.922. The summed E-state index contributed by atoms with van der Waals surface area (Å²) in [7, 11) is 0. The largest absolute Gasteiger partial charge is 0.339 e. The monoisotopic (exact) mass is 288 g/mol. The molecule has 0 radical (unpaired) electrons. The van der Waals surface area contributed by atoms with E-state index >= 15 is 0 Å². The molecule has 0 bridgehead atoms. The zero-order valence-corrected chi connectivity index (χ0v) is 13.9. The van der Waals surface area contributed by atoms with Gasteiger partial charge in [0, 0.05) is 25.8 Å². The number of aromatic nitrogens is 2. The summed E-state index contributed by atoms with van der Waals surface area (Å²) in [5, 5.41) is 3.44. The third-order valence-corrected chi connectivity index (χ3v) is 4.77. The Bertz CT molecular complexity index is 514. The van der Waals surface area contributed by atoms with Crippen molar-refractivity contribution in [3.8, 4) is 0 Å². The Morgan fingerprint density at radius 1 is 1.14 bits per heavy atom. The highest BCUT2D eigenvalue weighted by molar-refractivity contribution is 5.38. The van der Waals surface area contributed by atoms with Crippen molar-refractivity contribution in [1.29, 1.82) is 0 Å². The minimum absolute atomic E-state index is 0.177. The molecular formula is C17H28N4. The van der Waals surface area contributed by atoms with Crippen LogP contribution >= 0.6 is 0 Å². The van der Waals surface area contributed by atoms with Crippen LogP contribution < -0.4 is 10.2 Å². The molecule has 2 aliphatic rings. The molecule has 4 nitrogen and oxygen atoms in total. The quantitative estimate of drug-likeness (QED) is 0.862. The Labute approximate surface area is 128 Å². The third kappa shape index (κ3) is 3.05. The Morgan fingerprint density at radius 2 is 1.95 bits per heavy atom. The van der Waals surface area contributed by atoms with Crippen molar-refractivity contribution in [3.63, 3.8) is 0 Å². The van der Waals surface area contributed by atoms with E-state index in [0.717, 1.165) is 45.0 Å². The number of fused-ring (bicyclic) bond motifs is 1. The topological polar surface area (TPSA) is 41.1 Å². The maximum Gasteiger partial charge on any atom is 0.225 e. The van der Waals surface area contributed by atoms with E-state index in [1.165, 1.54) is 17.7 Å². The predicted molar refractivity (Wildman–Crippen MR) is 86.9 cm³/mol. The summed E-state index contributed by atoms with van der Waals surface area (Å²) >= 11 is 0. The highest BCUT2D eigenvalue weighted by Gasteiger charge is 2.38. The fourth-order valence-electron chi connectivity index (χ4n) is 4.11. The van der Waals surface area contributed by atoms with Gasteiger partial charge in [-0.25, -0.2) is 9.97 Å². The predicted octanol–water partition coefficient (Wildman–Crippen LogP) is 2.53. The van der Waals surface area contributed by atoms with Gasteiger partial charge in [-0.1, -0.05) is 27.7 Å². The molecule has 0 spiro atoms. The van der Waals surface area contributed by atoms with E-state index in [2.05, 4.69) is 49.1 Å². The van der Waals surface area contributed by atoms with Crippen molar-refractivity contribution in [1.82, 2.24) is 15.3 Å². The van der Waals surface area contributed by atoms with Crippen LogP contribution in [0.1, 0.15) is 51.8 Å². The van der Waals surface area contributed by atoms with Gasteiger partial charge >= 0.3 is 0 Å². The Kier molecular flexibility index (Phi) is 3.68. The molecule has 1 N–H and O–H groups in total. The lowest BCUT2D eigenvalue weighted by atomic mass is 9.64. The lowest BCUT2D eigenvalue weighted by Gasteiger charge is -2.41. The first kappa shape index (κ1) is 14.8. The van der Waals surface area contributed by atoms with Crippen molar-refractivity contribution in [3.05, 3.63) is 17.5 Å². The van der Waals surface area contributed by atoms with Crippen LogP contribution in [0.5, 0.6) is 0 Å². The van der Waals surface area contributed by atoms with Crippen LogP contribution in [0.2, 0.25) is 0 Å². The number of hydrogen-bond donors (Lipinski definition) is 1. The third-order valence-electron chi connectivity index (χ3n) is 4.77. The lowest BCUT2D eigenvalue weighted by molar-refractivity contribution is 0.227. The zero-order valence-electron chi connectivity index (χ0n) is 13.9. The normalized spacial score (nSPS) is 24.3. The van der Waals surface area contributed by atoms with Gasteiger partial charge in [0.05, 0.1) is 5.69 Å². The van der Waals surface area contributed by atoms with Gasteiger partial charge in [0.15, 0.2) is 0 Å². The van der Waals surface area contributed by atoms with E-state index in [9.17, 15) is 0 Å². The first-order valence-electron chi connectivity index (χ1n) is 8.20. The van der Waals surface area contributed by atoms with Gasteiger partial charge in [-0.05, 0) is 42.2 Å². The minimum Gasteiger partial charge on any atom is -0.339 e. The first-order valence-corrected chi connectivity index (χ1v) is 8.20. The number of hydrogen-bond acceptors (Lipinski definition) is 4. The lowest BCUT2D eigenvalue weighted by Crippen LogP contribution is -2.37. The van der Waals surface area contributed by atoms with Crippen molar-refractivity contribution in [2.75, 3.05) is 31.1 Å². The van der Waals surface area contributed by atoms with Gasteiger partial charge in [0.2, 0.25) is 5.95 Å². The molecular weight excluding hydrogens is 260 g/mol. The van der Waals surface area contributed by atoms with E-state index in [1.807, 2.05) is 0 Å². The molecule has 0 aromatic carbocycles. The van der Waals surface area contributed by atoms with Crippen LogP contribution in [0.3, 0.4) is 0 Å². The smallest absolute Gasteiger partial charge is 0.225 e. The molecule has 1 aromatic heterocycles. The van der Waals surface area contributed by atoms with Crippen LogP contribution in [0, 0.1) is 5.41 Å².